The van der Waals surface area contributed by atoms with E-state index >= 15 is 0 Å². The molecule has 0 aliphatic carbocycles. The number of hydrogen-bond acceptors (Lipinski definition) is 5. The van der Waals surface area contributed by atoms with Crippen molar-refractivity contribution in [2.45, 2.75) is 18.2 Å². The van der Waals surface area contributed by atoms with Crippen LogP contribution in [0.25, 0.3) is 0 Å². The van der Waals surface area contributed by atoms with Gasteiger partial charge in [0, 0.05) is 17.1 Å². The number of thioether (sulfide) groups is 1. The molecule has 0 aromatic carbocycles. The lowest BCUT2D eigenvalue weighted by molar-refractivity contribution is 0.508. The number of nitrogens with zero attached hydrogens (tertiary/aromatic N) is 2. The van der Waals surface area contributed by atoms with E-state index in [9.17, 15) is 8.42 Å². The molecule has 0 unspecified atom stereocenters. The number of nitrogen functional groups attached to an aromatic ring is 1. The van der Waals surface area contributed by atoms with Crippen molar-refractivity contribution in [2.75, 3.05) is 23.0 Å². The van der Waals surface area contributed by atoms with Gasteiger partial charge < -0.3 is 5.73 Å². The molecule has 2 aliphatic heterocycles. The number of rotatable bonds is 1. The maximum absolute atomic E-state index is 11.6. The number of nitrogens with two attached hydrogens (primary N) is 1. The molecule has 16 heavy (non-hydrogen) atoms. The zero-order chi connectivity index (χ0) is 11.3. The molecule has 0 spiro atoms. The van der Waals surface area contributed by atoms with Crippen LogP contribution in [-0.2, 0) is 22.0 Å². The van der Waals surface area contributed by atoms with Gasteiger partial charge in [0.2, 0.25) is 0 Å². The summed E-state index contributed by atoms with van der Waals surface area (Å²) in [5.41, 5.74) is 7.61. The molecule has 2 N–H and O–H groups in total. The third kappa shape index (κ3) is 1.53. The van der Waals surface area contributed by atoms with E-state index in [0.717, 1.165) is 22.8 Å². The minimum absolute atomic E-state index is 0.105. The summed E-state index contributed by atoms with van der Waals surface area (Å²) in [5, 5.41) is 4.30. The monoisotopic (exact) mass is 259 g/mol. The van der Waals surface area contributed by atoms with Crippen molar-refractivity contribution in [2.24, 2.45) is 0 Å². The fourth-order valence-electron chi connectivity index (χ4n) is 2.15. The largest absolute Gasteiger partial charge is 0.382 e. The molecule has 1 aromatic heterocycles. The summed E-state index contributed by atoms with van der Waals surface area (Å²) < 4.78 is 25.1. The minimum atomic E-state index is -2.95. The Bertz CT molecular complexity index is 531. The van der Waals surface area contributed by atoms with Gasteiger partial charge in [0.05, 0.1) is 23.2 Å². The number of fused-ring (bicyclic) bond motifs is 1. The smallest absolute Gasteiger partial charge is 0.156 e. The molecular weight excluding hydrogens is 246 g/mol. The number of sulfone groups is 1. The molecule has 0 radical (unpaired) electrons. The van der Waals surface area contributed by atoms with Gasteiger partial charge in [-0.2, -0.15) is 16.9 Å². The summed E-state index contributed by atoms with van der Waals surface area (Å²) in [6, 6.07) is 0.337. The first-order valence-electron chi connectivity index (χ1n) is 5.21. The third-order valence-electron chi connectivity index (χ3n) is 3.14. The Morgan fingerprint density at radius 3 is 2.81 bits per heavy atom. The number of anilines is 1. The van der Waals surface area contributed by atoms with Gasteiger partial charge in [-0.1, -0.05) is 0 Å². The molecule has 5 nitrogen and oxygen atoms in total. The lowest BCUT2D eigenvalue weighted by atomic mass is 10.2. The Hall–Kier alpha value is -0.690. The average Bonchev–Trinajstić information content (AvgIpc) is 2.39. The lowest BCUT2D eigenvalue weighted by Crippen LogP contribution is -2.28. The summed E-state index contributed by atoms with van der Waals surface area (Å²) in [6.45, 7) is 0. The Labute approximate surface area is 98.3 Å². The van der Waals surface area contributed by atoms with Crippen LogP contribution in [0.4, 0.5) is 5.82 Å². The maximum atomic E-state index is 11.6. The van der Waals surface area contributed by atoms with E-state index in [1.54, 1.807) is 0 Å². The molecule has 0 bridgehead atoms. The van der Waals surface area contributed by atoms with Crippen LogP contribution in [0.1, 0.15) is 17.3 Å². The van der Waals surface area contributed by atoms with Crippen LogP contribution in [0.5, 0.6) is 0 Å². The van der Waals surface area contributed by atoms with Gasteiger partial charge in [-0.25, -0.2) is 8.42 Å². The molecule has 0 atom stereocenters. The predicted molar refractivity (Wildman–Crippen MR) is 64.2 cm³/mol. The van der Waals surface area contributed by atoms with Gasteiger partial charge in [0.15, 0.2) is 9.84 Å². The summed E-state index contributed by atoms with van der Waals surface area (Å²) >= 11 is 1.85. The van der Waals surface area contributed by atoms with Crippen molar-refractivity contribution in [3.63, 3.8) is 0 Å². The first-order valence-corrected chi connectivity index (χ1v) is 8.18. The maximum Gasteiger partial charge on any atom is 0.156 e. The Morgan fingerprint density at radius 2 is 2.19 bits per heavy atom. The Kier molecular flexibility index (Phi) is 2.22. The normalized spacial score (nSPS) is 23.8. The molecule has 3 rings (SSSR count). The van der Waals surface area contributed by atoms with E-state index in [1.807, 2.05) is 16.4 Å². The fourth-order valence-corrected chi connectivity index (χ4v) is 4.26. The van der Waals surface area contributed by atoms with Crippen LogP contribution in [0.2, 0.25) is 0 Å². The van der Waals surface area contributed by atoms with Crippen molar-refractivity contribution in [3.05, 3.63) is 11.3 Å². The van der Waals surface area contributed by atoms with Gasteiger partial charge in [0.1, 0.15) is 5.82 Å². The quantitative estimate of drug-likeness (QED) is 0.781. The molecule has 1 aromatic rings. The van der Waals surface area contributed by atoms with Crippen molar-refractivity contribution < 1.29 is 8.42 Å². The average molecular weight is 259 g/mol. The highest BCUT2D eigenvalue weighted by Crippen LogP contribution is 2.34. The standard InChI is InChI=1S/C9H13N3O2S2/c10-9-7-1-2-16(13,14)5-8(7)12(11-9)6-3-15-4-6/h6H,1-5H2,(H2,10,11). The highest BCUT2D eigenvalue weighted by Gasteiger charge is 2.32. The molecule has 0 amide bonds. The zero-order valence-electron chi connectivity index (χ0n) is 8.72. The fraction of sp³-hybridized carbons (Fsp3) is 0.667. The molecule has 2 aliphatic rings. The van der Waals surface area contributed by atoms with Crippen molar-refractivity contribution in [1.82, 2.24) is 9.78 Å². The second kappa shape index (κ2) is 3.40. The summed E-state index contributed by atoms with van der Waals surface area (Å²) in [5.74, 6) is 2.84. The van der Waals surface area contributed by atoms with Gasteiger partial charge >= 0.3 is 0 Å². The molecule has 0 saturated carbocycles. The van der Waals surface area contributed by atoms with Gasteiger partial charge in [0.25, 0.3) is 0 Å². The van der Waals surface area contributed by atoms with Gasteiger partial charge in [-0.3, -0.25) is 4.68 Å². The topological polar surface area (TPSA) is 78.0 Å². The zero-order valence-corrected chi connectivity index (χ0v) is 10.4. The number of aromatic nitrogens is 2. The van der Waals surface area contributed by atoms with E-state index in [4.69, 9.17) is 5.73 Å². The van der Waals surface area contributed by atoms with Gasteiger partial charge in [-0.15, -0.1) is 0 Å². The van der Waals surface area contributed by atoms with Crippen LogP contribution < -0.4 is 5.73 Å². The molecule has 3 heterocycles. The first kappa shape index (κ1) is 10.5. The van der Waals surface area contributed by atoms with E-state index in [1.165, 1.54) is 0 Å². The van der Waals surface area contributed by atoms with E-state index < -0.39 is 9.84 Å². The molecular formula is C9H13N3O2S2. The third-order valence-corrected chi connectivity index (χ3v) is 5.92. The summed E-state index contributed by atoms with van der Waals surface area (Å²) in [7, 11) is -2.95. The van der Waals surface area contributed by atoms with Crippen molar-refractivity contribution in [1.29, 1.82) is 0 Å². The molecule has 88 valence electrons. The van der Waals surface area contributed by atoms with E-state index in [-0.39, 0.29) is 11.5 Å². The minimum Gasteiger partial charge on any atom is -0.382 e. The van der Waals surface area contributed by atoms with Crippen LogP contribution in [0.15, 0.2) is 0 Å². The SMILES string of the molecule is Nc1nn(C2CSC2)c2c1CCS(=O)(=O)C2. The van der Waals surface area contributed by atoms with Crippen LogP contribution in [-0.4, -0.2) is 35.5 Å². The Morgan fingerprint density at radius 1 is 1.44 bits per heavy atom. The van der Waals surface area contributed by atoms with Crippen LogP contribution in [0.3, 0.4) is 0 Å². The Balaban J connectivity index is 2.08. The predicted octanol–water partition coefficient (Wildman–Crippen LogP) is 0.224. The molecule has 7 heteroatoms. The molecule has 1 saturated heterocycles. The van der Waals surface area contributed by atoms with Gasteiger partial charge in [-0.05, 0) is 6.42 Å². The van der Waals surface area contributed by atoms with Crippen LogP contribution in [0, 0.1) is 0 Å². The lowest BCUT2D eigenvalue weighted by Gasteiger charge is -2.27. The summed E-state index contributed by atoms with van der Waals surface area (Å²) in [6.07, 6.45) is 0.517. The second-order valence-corrected chi connectivity index (χ2v) is 7.55. The van der Waals surface area contributed by atoms with Crippen LogP contribution >= 0.6 is 11.8 Å². The molecule has 1 fully saturated rings. The second-order valence-electron chi connectivity index (χ2n) is 4.29. The highest BCUT2D eigenvalue weighted by atomic mass is 32.2. The van der Waals surface area contributed by atoms with Crippen molar-refractivity contribution >= 4 is 27.4 Å². The highest BCUT2D eigenvalue weighted by molar-refractivity contribution is 8.00. The number of hydrogen-bond donors (Lipinski definition) is 1. The van der Waals surface area contributed by atoms with E-state index in [0.29, 0.717) is 18.3 Å². The first-order chi connectivity index (χ1) is 7.57. The van der Waals surface area contributed by atoms with E-state index in [2.05, 4.69) is 5.10 Å². The van der Waals surface area contributed by atoms with Crippen molar-refractivity contribution in [3.8, 4) is 0 Å². The summed E-state index contributed by atoms with van der Waals surface area (Å²) in [4.78, 5) is 0.